The summed E-state index contributed by atoms with van der Waals surface area (Å²) in [5.41, 5.74) is 4.60. The highest BCUT2D eigenvalue weighted by molar-refractivity contribution is 5.81. The quantitative estimate of drug-likeness (QED) is 0.533. The van der Waals surface area contributed by atoms with Gasteiger partial charge in [0, 0.05) is 37.3 Å². The largest absolute Gasteiger partial charge is 0.353 e. The van der Waals surface area contributed by atoms with Gasteiger partial charge in [-0.15, -0.1) is 5.10 Å². The molecule has 2 aromatic carbocycles. The van der Waals surface area contributed by atoms with E-state index < -0.39 is 0 Å². The molecule has 0 aliphatic carbocycles. The number of hydrogen-bond donors (Lipinski definition) is 0. The van der Waals surface area contributed by atoms with Crippen LogP contribution in [0.4, 0.5) is 10.2 Å². The van der Waals surface area contributed by atoms with Crippen LogP contribution in [0.2, 0.25) is 0 Å². The fourth-order valence-corrected chi connectivity index (χ4v) is 3.74. The van der Waals surface area contributed by atoms with Gasteiger partial charge in [0.1, 0.15) is 11.6 Å². The minimum absolute atomic E-state index is 0.252. The van der Waals surface area contributed by atoms with Gasteiger partial charge in [0.05, 0.1) is 11.9 Å². The summed E-state index contributed by atoms with van der Waals surface area (Å²) in [7, 11) is 2.15. The Kier molecular flexibility index (Phi) is 4.48. The average molecular weight is 387 g/mol. The van der Waals surface area contributed by atoms with Crippen molar-refractivity contribution in [3.63, 3.8) is 0 Å². The van der Waals surface area contributed by atoms with Crippen LogP contribution in [-0.2, 0) is 0 Å². The Hall–Kier alpha value is -3.25. The van der Waals surface area contributed by atoms with E-state index in [1.54, 1.807) is 12.1 Å². The first-order valence-electron chi connectivity index (χ1n) is 9.83. The van der Waals surface area contributed by atoms with Crippen molar-refractivity contribution < 1.29 is 4.39 Å². The van der Waals surface area contributed by atoms with Crippen molar-refractivity contribution in [2.45, 2.75) is 0 Å². The average Bonchev–Trinajstić information content (AvgIpc) is 3.19. The van der Waals surface area contributed by atoms with Crippen LogP contribution in [0, 0.1) is 5.82 Å². The predicted octanol–water partition coefficient (Wildman–Crippen LogP) is 3.95. The third-order valence-corrected chi connectivity index (χ3v) is 5.46. The molecule has 1 aliphatic rings. The van der Waals surface area contributed by atoms with E-state index in [1.807, 2.05) is 28.9 Å². The zero-order valence-corrected chi connectivity index (χ0v) is 16.3. The summed E-state index contributed by atoms with van der Waals surface area (Å²) in [5, 5.41) is 4.86. The smallest absolute Gasteiger partial charge is 0.162 e. The molecule has 1 saturated heterocycles. The molecule has 0 amide bonds. The molecule has 5 rings (SSSR count). The highest BCUT2D eigenvalue weighted by Crippen LogP contribution is 2.30. The Bertz CT molecular complexity index is 1130. The molecule has 5 nitrogen and oxygen atoms in total. The molecular weight excluding hydrogens is 365 g/mol. The Morgan fingerprint density at radius 3 is 2.31 bits per heavy atom. The van der Waals surface area contributed by atoms with Gasteiger partial charge < -0.3 is 9.80 Å². The van der Waals surface area contributed by atoms with Crippen LogP contribution in [0.25, 0.3) is 28.0 Å². The number of imidazole rings is 1. The SMILES string of the molecule is CN1CCN(c2cc(-c3ccccc3)c3nc(-c4ccc(F)cc4)cn3n2)CC1. The second-order valence-corrected chi connectivity index (χ2v) is 7.47. The van der Waals surface area contributed by atoms with Crippen LogP contribution in [0.5, 0.6) is 0 Å². The number of piperazine rings is 1. The molecule has 1 fully saturated rings. The third kappa shape index (κ3) is 3.47. The summed E-state index contributed by atoms with van der Waals surface area (Å²) in [5.74, 6) is 0.700. The van der Waals surface area contributed by atoms with Gasteiger partial charge in [0.15, 0.2) is 5.65 Å². The molecule has 146 valence electrons. The van der Waals surface area contributed by atoms with Gasteiger partial charge in [0.2, 0.25) is 0 Å². The maximum Gasteiger partial charge on any atom is 0.162 e. The number of fused-ring (bicyclic) bond motifs is 1. The van der Waals surface area contributed by atoms with Crippen molar-refractivity contribution in [2.24, 2.45) is 0 Å². The highest BCUT2D eigenvalue weighted by atomic mass is 19.1. The van der Waals surface area contributed by atoms with Crippen LogP contribution in [0.3, 0.4) is 0 Å². The van der Waals surface area contributed by atoms with Crippen LogP contribution in [0.1, 0.15) is 0 Å². The summed E-state index contributed by atoms with van der Waals surface area (Å²) in [6.07, 6.45) is 1.93. The third-order valence-electron chi connectivity index (χ3n) is 5.46. The lowest BCUT2D eigenvalue weighted by atomic mass is 10.1. The molecule has 1 aliphatic heterocycles. The maximum absolute atomic E-state index is 13.3. The number of aromatic nitrogens is 3. The van der Waals surface area contributed by atoms with Gasteiger partial charge in [-0.05, 0) is 42.9 Å². The molecule has 0 N–H and O–H groups in total. The lowest BCUT2D eigenvalue weighted by Gasteiger charge is -2.33. The van der Waals surface area contributed by atoms with Crippen LogP contribution in [-0.4, -0.2) is 52.7 Å². The summed E-state index contributed by atoms with van der Waals surface area (Å²) in [6.45, 7) is 3.93. The summed E-state index contributed by atoms with van der Waals surface area (Å²) >= 11 is 0. The van der Waals surface area contributed by atoms with Gasteiger partial charge in [-0.1, -0.05) is 30.3 Å². The van der Waals surface area contributed by atoms with E-state index in [0.717, 1.165) is 60.0 Å². The Balaban J connectivity index is 1.65. The predicted molar refractivity (Wildman–Crippen MR) is 114 cm³/mol. The summed E-state index contributed by atoms with van der Waals surface area (Å²) in [6, 6.07) is 18.8. The molecule has 2 aromatic heterocycles. The summed E-state index contributed by atoms with van der Waals surface area (Å²) in [4.78, 5) is 9.49. The van der Waals surface area contributed by atoms with Crippen molar-refractivity contribution in [3.05, 3.63) is 72.7 Å². The first-order chi connectivity index (χ1) is 14.2. The van der Waals surface area contributed by atoms with Crippen LogP contribution >= 0.6 is 0 Å². The van der Waals surface area contributed by atoms with E-state index in [9.17, 15) is 4.39 Å². The molecule has 0 atom stereocenters. The Morgan fingerprint density at radius 2 is 1.59 bits per heavy atom. The molecular formula is C23H22FN5. The van der Waals surface area contributed by atoms with Crippen molar-refractivity contribution in [1.82, 2.24) is 19.5 Å². The number of hydrogen-bond acceptors (Lipinski definition) is 4. The van der Waals surface area contributed by atoms with Crippen molar-refractivity contribution in [1.29, 1.82) is 0 Å². The molecule has 0 spiro atoms. The van der Waals surface area contributed by atoms with E-state index in [-0.39, 0.29) is 5.82 Å². The molecule has 0 radical (unpaired) electrons. The molecule has 3 heterocycles. The van der Waals surface area contributed by atoms with Gasteiger partial charge >= 0.3 is 0 Å². The minimum atomic E-state index is -0.252. The Labute approximate surface area is 169 Å². The fraction of sp³-hybridized carbons (Fsp3) is 0.217. The lowest BCUT2D eigenvalue weighted by Crippen LogP contribution is -2.45. The first-order valence-corrected chi connectivity index (χ1v) is 9.83. The maximum atomic E-state index is 13.3. The molecule has 0 unspecified atom stereocenters. The molecule has 4 aromatic rings. The summed E-state index contributed by atoms with van der Waals surface area (Å²) < 4.78 is 15.2. The molecule has 6 heteroatoms. The number of nitrogens with zero attached hydrogens (tertiary/aromatic N) is 5. The lowest BCUT2D eigenvalue weighted by molar-refractivity contribution is 0.311. The zero-order chi connectivity index (χ0) is 19.8. The normalized spacial score (nSPS) is 15.2. The second-order valence-electron chi connectivity index (χ2n) is 7.47. The van der Waals surface area contributed by atoms with E-state index in [2.05, 4.69) is 35.0 Å². The topological polar surface area (TPSA) is 36.7 Å². The minimum Gasteiger partial charge on any atom is -0.353 e. The van der Waals surface area contributed by atoms with E-state index in [0.29, 0.717) is 0 Å². The van der Waals surface area contributed by atoms with Gasteiger partial charge in [-0.3, -0.25) is 0 Å². The van der Waals surface area contributed by atoms with E-state index in [1.165, 1.54) is 12.1 Å². The molecule has 29 heavy (non-hydrogen) atoms. The zero-order valence-electron chi connectivity index (χ0n) is 16.3. The van der Waals surface area contributed by atoms with E-state index >= 15 is 0 Å². The molecule has 0 saturated carbocycles. The first kappa shape index (κ1) is 17.8. The van der Waals surface area contributed by atoms with Gasteiger partial charge in [0.25, 0.3) is 0 Å². The van der Waals surface area contributed by atoms with Crippen molar-refractivity contribution in [2.75, 3.05) is 38.1 Å². The fourth-order valence-electron chi connectivity index (χ4n) is 3.74. The Morgan fingerprint density at radius 1 is 0.862 bits per heavy atom. The number of halogens is 1. The van der Waals surface area contributed by atoms with Crippen molar-refractivity contribution in [3.8, 4) is 22.4 Å². The van der Waals surface area contributed by atoms with Crippen LogP contribution < -0.4 is 4.90 Å². The molecule has 0 bridgehead atoms. The second kappa shape index (κ2) is 7.29. The number of anilines is 1. The number of likely N-dealkylation sites (N-methyl/N-ethyl adjacent to an activating group) is 1. The highest BCUT2D eigenvalue weighted by Gasteiger charge is 2.19. The number of benzene rings is 2. The van der Waals surface area contributed by atoms with Crippen LogP contribution in [0.15, 0.2) is 66.9 Å². The van der Waals surface area contributed by atoms with Gasteiger partial charge in [-0.2, -0.15) is 0 Å². The van der Waals surface area contributed by atoms with Crippen molar-refractivity contribution >= 4 is 11.5 Å². The van der Waals surface area contributed by atoms with Gasteiger partial charge in [-0.25, -0.2) is 13.9 Å². The number of rotatable bonds is 3. The van der Waals surface area contributed by atoms with E-state index in [4.69, 9.17) is 10.1 Å². The monoisotopic (exact) mass is 387 g/mol. The standard InChI is InChI=1S/C23H22FN5/c1-27-11-13-28(14-12-27)22-15-20(17-5-3-2-4-6-17)23-25-21(16-29(23)26-22)18-7-9-19(24)10-8-18/h2-10,15-16H,11-14H2,1H3.